The van der Waals surface area contributed by atoms with E-state index in [2.05, 4.69) is 35.1 Å². The standard InChI is InChI=1S/C14H19BrN2O2/c1-9-3-4-10(2)13(7-9)16-14-8-11(17(18)19)5-6-12(14)15/h5-6,8-10,13,16H,3-4,7H2,1-2H3. The highest BCUT2D eigenvalue weighted by molar-refractivity contribution is 9.10. The molecule has 1 aliphatic carbocycles. The zero-order valence-electron chi connectivity index (χ0n) is 11.2. The van der Waals surface area contributed by atoms with Crippen LogP contribution in [-0.4, -0.2) is 11.0 Å². The van der Waals surface area contributed by atoms with Crippen LogP contribution in [0.15, 0.2) is 22.7 Å². The number of nitro benzene ring substituents is 1. The average Bonchev–Trinajstić information content (AvgIpc) is 2.36. The van der Waals surface area contributed by atoms with Gasteiger partial charge in [0.1, 0.15) is 0 Å². The summed E-state index contributed by atoms with van der Waals surface area (Å²) in [7, 11) is 0. The third kappa shape index (κ3) is 3.47. The minimum atomic E-state index is -0.357. The average molecular weight is 327 g/mol. The molecule has 1 saturated carbocycles. The molecular weight excluding hydrogens is 308 g/mol. The van der Waals surface area contributed by atoms with Crippen LogP contribution in [-0.2, 0) is 0 Å². The minimum absolute atomic E-state index is 0.127. The van der Waals surface area contributed by atoms with Crippen LogP contribution in [0, 0.1) is 22.0 Å². The van der Waals surface area contributed by atoms with Crippen molar-refractivity contribution < 1.29 is 4.92 Å². The number of nitrogens with zero attached hydrogens (tertiary/aromatic N) is 1. The normalized spacial score (nSPS) is 27.0. The van der Waals surface area contributed by atoms with Crippen molar-refractivity contribution >= 4 is 27.3 Å². The van der Waals surface area contributed by atoms with Gasteiger partial charge < -0.3 is 5.32 Å². The molecule has 3 unspecified atom stereocenters. The molecular formula is C14H19BrN2O2. The Morgan fingerprint density at radius 2 is 2.11 bits per heavy atom. The monoisotopic (exact) mass is 326 g/mol. The summed E-state index contributed by atoms with van der Waals surface area (Å²) in [5.74, 6) is 1.31. The summed E-state index contributed by atoms with van der Waals surface area (Å²) in [5, 5.41) is 14.3. The van der Waals surface area contributed by atoms with Gasteiger partial charge in [-0.2, -0.15) is 0 Å². The van der Waals surface area contributed by atoms with E-state index in [9.17, 15) is 10.1 Å². The molecule has 0 aromatic heterocycles. The van der Waals surface area contributed by atoms with Gasteiger partial charge in [-0.25, -0.2) is 0 Å². The van der Waals surface area contributed by atoms with Crippen LogP contribution in [0.1, 0.15) is 33.1 Å². The Morgan fingerprint density at radius 1 is 1.37 bits per heavy atom. The summed E-state index contributed by atoms with van der Waals surface area (Å²) in [6.07, 6.45) is 3.61. The number of anilines is 1. The summed E-state index contributed by atoms with van der Waals surface area (Å²) in [6.45, 7) is 4.51. The topological polar surface area (TPSA) is 55.2 Å². The zero-order valence-corrected chi connectivity index (χ0v) is 12.8. The maximum Gasteiger partial charge on any atom is 0.271 e. The lowest BCUT2D eigenvalue weighted by atomic mass is 9.80. The minimum Gasteiger partial charge on any atom is -0.381 e. The highest BCUT2D eigenvalue weighted by Gasteiger charge is 2.26. The second-order valence-corrected chi connectivity index (χ2v) is 6.42. The van der Waals surface area contributed by atoms with Gasteiger partial charge in [-0.15, -0.1) is 0 Å². The van der Waals surface area contributed by atoms with Crippen LogP contribution in [0.5, 0.6) is 0 Å². The van der Waals surface area contributed by atoms with Gasteiger partial charge in [0.15, 0.2) is 0 Å². The molecule has 0 amide bonds. The van der Waals surface area contributed by atoms with E-state index in [4.69, 9.17) is 0 Å². The highest BCUT2D eigenvalue weighted by atomic mass is 79.9. The first-order valence-corrected chi connectivity index (χ1v) is 7.47. The van der Waals surface area contributed by atoms with Gasteiger partial charge in [-0.3, -0.25) is 10.1 Å². The molecule has 1 fully saturated rings. The summed E-state index contributed by atoms with van der Waals surface area (Å²) in [4.78, 5) is 10.5. The molecule has 1 aliphatic rings. The smallest absolute Gasteiger partial charge is 0.271 e. The van der Waals surface area contributed by atoms with Gasteiger partial charge in [0, 0.05) is 22.6 Å². The quantitative estimate of drug-likeness (QED) is 0.652. The fourth-order valence-corrected chi connectivity index (χ4v) is 3.03. The van der Waals surface area contributed by atoms with Gasteiger partial charge in [-0.05, 0) is 46.7 Å². The maximum atomic E-state index is 10.8. The molecule has 2 rings (SSSR count). The van der Waals surface area contributed by atoms with E-state index in [1.165, 1.54) is 18.9 Å². The Kier molecular flexibility index (Phi) is 4.45. The van der Waals surface area contributed by atoms with E-state index in [1.807, 2.05) is 0 Å². The van der Waals surface area contributed by atoms with E-state index in [0.29, 0.717) is 17.9 Å². The molecule has 0 aliphatic heterocycles. The SMILES string of the molecule is CC1CCC(C)C(Nc2cc([N+](=O)[O-])ccc2Br)C1. The predicted molar refractivity (Wildman–Crippen MR) is 80.4 cm³/mol. The van der Waals surface area contributed by atoms with Crippen LogP contribution < -0.4 is 5.32 Å². The van der Waals surface area contributed by atoms with E-state index in [-0.39, 0.29) is 10.6 Å². The number of hydrogen-bond acceptors (Lipinski definition) is 3. The fraction of sp³-hybridized carbons (Fsp3) is 0.571. The lowest BCUT2D eigenvalue weighted by Crippen LogP contribution is -2.33. The van der Waals surface area contributed by atoms with Crippen LogP contribution >= 0.6 is 15.9 Å². The molecule has 1 aromatic carbocycles. The third-order valence-electron chi connectivity index (χ3n) is 3.96. The van der Waals surface area contributed by atoms with Crippen molar-refractivity contribution in [2.75, 3.05) is 5.32 Å². The Bertz CT molecular complexity index is 479. The van der Waals surface area contributed by atoms with Crippen molar-refractivity contribution in [3.63, 3.8) is 0 Å². The van der Waals surface area contributed by atoms with Crippen molar-refractivity contribution in [2.45, 2.75) is 39.2 Å². The molecule has 0 bridgehead atoms. The van der Waals surface area contributed by atoms with Gasteiger partial charge >= 0.3 is 0 Å². The predicted octanol–water partition coefficient (Wildman–Crippen LogP) is 4.59. The first kappa shape index (κ1) is 14.3. The van der Waals surface area contributed by atoms with Gasteiger partial charge in [0.25, 0.3) is 5.69 Å². The second kappa shape index (κ2) is 5.90. The lowest BCUT2D eigenvalue weighted by Gasteiger charge is -2.34. The van der Waals surface area contributed by atoms with Crippen molar-refractivity contribution in [3.8, 4) is 0 Å². The zero-order chi connectivity index (χ0) is 14.0. The molecule has 104 valence electrons. The molecule has 4 nitrogen and oxygen atoms in total. The molecule has 0 heterocycles. The van der Waals surface area contributed by atoms with Gasteiger partial charge in [0.05, 0.1) is 10.6 Å². The number of non-ortho nitro benzene ring substituents is 1. The second-order valence-electron chi connectivity index (χ2n) is 5.57. The largest absolute Gasteiger partial charge is 0.381 e. The molecule has 5 heteroatoms. The van der Waals surface area contributed by atoms with E-state index in [0.717, 1.165) is 16.6 Å². The van der Waals surface area contributed by atoms with Crippen molar-refractivity contribution in [3.05, 3.63) is 32.8 Å². The van der Waals surface area contributed by atoms with Crippen LogP contribution in [0.4, 0.5) is 11.4 Å². The van der Waals surface area contributed by atoms with E-state index in [1.54, 1.807) is 12.1 Å². The molecule has 3 atom stereocenters. The molecule has 0 radical (unpaired) electrons. The molecule has 1 N–H and O–H groups in total. The van der Waals surface area contributed by atoms with Gasteiger partial charge in [-0.1, -0.05) is 20.3 Å². The number of rotatable bonds is 3. The number of nitro groups is 1. The van der Waals surface area contributed by atoms with Crippen molar-refractivity contribution in [2.24, 2.45) is 11.8 Å². The van der Waals surface area contributed by atoms with Crippen molar-refractivity contribution in [1.29, 1.82) is 0 Å². The lowest BCUT2D eigenvalue weighted by molar-refractivity contribution is -0.384. The fourth-order valence-electron chi connectivity index (χ4n) is 2.67. The summed E-state index contributed by atoms with van der Waals surface area (Å²) in [5.41, 5.74) is 0.947. The Balaban J connectivity index is 2.17. The number of hydrogen-bond donors (Lipinski definition) is 1. The van der Waals surface area contributed by atoms with E-state index >= 15 is 0 Å². The third-order valence-corrected chi connectivity index (χ3v) is 4.65. The molecule has 19 heavy (non-hydrogen) atoms. The van der Waals surface area contributed by atoms with Crippen LogP contribution in [0.3, 0.4) is 0 Å². The Labute approximate surface area is 121 Å². The van der Waals surface area contributed by atoms with Crippen molar-refractivity contribution in [1.82, 2.24) is 0 Å². The highest BCUT2D eigenvalue weighted by Crippen LogP contribution is 2.34. The molecule has 1 aromatic rings. The molecule has 0 spiro atoms. The maximum absolute atomic E-state index is 10.8. The Morgan fingerprint density at radius 3 is 2.79 bits per heavy atom. The first-order valence-electron chi connectivity index (χ1n) is 6.68. The summed E-state index contributed by atoms with van der Waals surface area (Å²) < 4.78 is 0.878. The number of benzene rings is 1. The molecule has 0 saturated heterocycles. The first-order chi connectivity index (χ1) is 8.97. The Hall–Kier alpha value is -1.10. The van der Waals surface area contributed by atoms with Gasteiger partial charge in [0.2, 0.25) is 0 Å². The number of halogens is 1. The number of nitrogens with one attached hydrogen (secondary N) is 1. The van der Waals surface area contributed by atoms with E-state index < -0.39 is 0 Å². The summed E-state index contributed by atoms with van der Waals surface area (Å²) >= 11 is 3.46. The van der Waals surface area contributed by atoms with Crippen LogP contribution in [0.2, 0.25) is 0 Å². The summed E-state index contributed by atoms with van der Waals surface area (Å²) in [6, 6.07) is 5.25. The van der Waals surface area contributed by atoms with Crippen LogP contribution in [0.25, 0.3) is 0 Å².